The van der Waals surface area contributed by atoms with Crippen LogP contribution in [0.3, 0.4) is 0 Å². The Labute approximate surface area is 109 Å². The standard InChI is InChI=1S/C12H13ClN2O3/c1-6(13)11-14-10-8(15(11)2)4-7(12(16)17)5-9(10)18-3/h4-6H,1-3H3,(H,16,17). The highest BCUT2D eigenvalue weighted by atomic mass is 35.5. The van der Waals surface area contributed by atoms with Crippen molar-refractivity contribution < 1.29 is 14.6 Å². The highest BCUT2D eigenvalue weighted by Crippen LogP contribution is 2.30. The van der Waals surface area contributed by atoms with E-state index in [4.69, 9.17) is 21.4 Å². The lowest BCUT2D eigenvalue weighted by Gasteiger charge is -2.04. The quantitative estimate of drug-likeness (QED) is 0.869. The molecule has 0 amide bonds. The van der Waals surface area contributed by atoms with Crippen molar-refractivity contribution in [3.63, 3.8) is 0 Å². The van der Waals surface area contributed by atoms with Crippen molar-refractivity contribution in [1.29, 1.82) is 0 Å². The van der Waals surface area contributed by atoms with E-state index in [-0.39, 0.29) is 10.9 Å². The Balaban J connectivity index is 2.80. The van der Waals surface area contributed by atoms with E-state index in [1.165, 1.54) is 13.2 Å². The fraction of sp³-hybridized carbons (Fsp3) is 0.333. The maximum atomic E-state index is 11.1. The van der Waals surface area contributed by atoms with Crippen molar-refractivity contribution in [1.82, 2.24) is 9.55 Å². The molecule has 1 aromatic heterocycles. The number of hydrogen-bond acceptors (Lipinski definition) is 3. The van der Waals surface area contributed by atoms with Crippen molar-refractivity contribution in [3.8, 4) is 5.75 Å². The number of carboxylic acid groups (broad SMARTS) is 1. The van der Waals surface area contributed by atoms with Crippen LogP contribution in [0.4, 0.5) is 0 Å². The van der Waals surface area contributed by atoms with E-state index in [9.17, 15) is 4.79 Å². The predicted molar refractivity (Wildman–Crippen MR) is 68.5 cm³/mol. The van der Waals surface area contributed by atoms with E-state index in [2.05, 4.69) is 4.98 Å². The van der Waals surface area contributed by atoms with Gasteiger partial charge in [0.2, 0.25) is 0 Å². The number of benzene rings is 1. The molecule has 0 aliphatic heterocycles. The lowest BCUT2D eigenvalue weighted by atomic mass is 10.2. The average molecular weight is 269 g/mol. The third kappa shape index (κ3) is 1.90. The molecule has 0 bridgehead atoms. The number of fused-ring (bicyclic) bond motifs is 1. The molecular formula is C12H13ClN2O3. The summed E-state index contributed by atoms with van der Waals surface area (Å²) in [5, 5.41) is 8.80. The van der Waals surface area contributed by atoms with Gasteiger partial charge in [-0.05, 0) is 19.1 Å². The molecule has 1 atom stereocenters. The molecule has 1 heterocycles. The van der Waals surface area contributed by atoms with Crippen LogP contribution in [0.15, 0.2) is 12.1 Å². The van der Waals surface area contributed by atoms with E-state index in [0.717, 1.165) is 0 Å². The van der Waals surface area contributed by atoms with Gasteiger partial charge < -0.3 is 14.4 Å². The number of imidazole rings is 1. The van der Waals surface area contributed by atoms with Crippen LogP contribution >= 0.6 is 11.6 Å². The van der Waals surface area contributed by atoms with Crippen LogP contribution in [0, 0.1) is 0 Å². The molecule has 1 unspecified atom stereocenters. The molecule has 96 valence electrons. The van der Waals surface area contributed by atoms with Gasteiger partial charge in [-0.25, -0.2) is 9.78 Å². The topological polar surface area (TPSA) is 64.3 Å². The first-order valence-electron chi connectivity index (χ1n) is 5.37. The van der Waals surface area contributed by atoms with Crippen LogP contribution in [-0.4, -0.2) is 27.7 Å². The molecule has 0 saturated carbocycles. The van der Waals surface area contributed by atoms with Gasteiger partial charge in [0, 0.05) is 7.05 Å². The van der Waals surface area contributed by atoms with Crippen LogP contribution in [0.5, 0.6) is 5.75 Å². The fourth-order valence-electron chi connectivity index (χ4n) is 1.91. The summed E-state index contributed by atoms with van der Waals surface area (Å²) in [6, 6.07) is 3.02. The van der Waals surface area contributed by atoms with Crippen molar-refractivity contribution in [2.45, 2.75) is 12.3 Å². The summed E-state index contributed by atoms with van der Waals surface area (Å²) in [4.78, 5) is 15.4. The summed E-state index contributed by atoms with van der Waals surface area (Å²) in [6.07, 6.45) is 0. The first-order chi connectivity index (χ1) is 8.45. The number of aryl methyl sites for hydroxylation is 1. The van der Waals surface area contributed by atoms with Gasteiger partial charge in [-0.1, -0.05) is 0 Å². The normalized spacial score (nSPS) is 12.7. The molecule has 0 fully saturated rings. The number of carbonyl (C=O) groups is 1. The molecule has 0 radical (unpaired) electrons. The van der Waals surface area contributed by atoms with Crippen molar-refractivity contribution >= 4 is 28.6 Å². The van der Waals surface area contributed by atoms with E-state index in [1.54, 1.807) is 17.7 Å². The number of aromatic nitrogens is 2. The Kier molecular flexibility index (Phi) is 3.17. The third-order valence-corrected chi connectivity index (χ3v) is 3.00. The molecule has 2 aromatic rings. The maximum Gasteiger partial charge on any atom is 0.335 e. The molecule has 5 nitrogen and oxygen atoms in total. The second-order valence-corrected chi connectivity index (χ2v) is 4.65. The Morgan fingerprint density at radius 1 is 1.56 bits per heavy atom. The number of nitrogens with zero attached hydrogens (tertiary/aromatic N) is 2. The number of halogens is 1. The summed E-state index contributed by atoms with van der Waals surface area (Å²) in [5.74, 6) is 0.105. The van der Waals surface area contributed by atoms with Gasteiger partial charge in [-0.15, -0.1) is 11.6 Å². The highest BCUT2D eigenvalue weighted by Gasteiger charge is 2.18. The lowest BCUT2D eigenvalue weighted by molar-refractivity contribution is 0.0696. The fourth-order valence-corrected chi connectivity index (χ4v) is 2.10. The monoisotopic (exact) mass is 268 g/mol. The number of ether oxygens (including phenoxy) is 1. The summed E-state index contributed by atoms with van der Waals surface area (Å²) >= 11 is 6.04. The zero-order valence-electron chi connectivity index (χ0n) is 10.3. The molecule has 0 saturated heterocycles. The second-order valence-electron chi connectivity index (χ2n) is 4.00. The summed E-state index contributed by atoms with van der Waals surface area (Å²) in [6.45, 7) is 1.81. The molecule has 18 heavy (non-hydrogen) atoms. The molecule has 1 N–H and O–H groups in total. The van der Waals surface area contributed by atoms with Gasteiger partial charge >= 0.3 is 5.97 Å². The summed E-state index contributed by atoms with van der Waals surface area (Å²) in [7, 11) is 3.29. The van der Waals surface area contributed by atoms with E-state index < -0.39 is 5.97 Å². The van der Waals surface area contributed by atoms with Gasteiger partial charge in [0.25, 0.3) is 0 Å². The Bertz CT molecular complexity index is 619. The SMILES string of the molecule is COc1cc(C(=O)O)cc2c1nc(C(C)Cl)n2C. The third-order valence-electron chi connectivity index (χ3n) is 2.81. The minimum absolute atomic E-state index is 0.163. The van der Waals surface area contributed by atoms with Crippen LogP contribution in [-0.2, 0) is 7.05 Å². The van der Waals surface area contributed by atoms with Crippen molar-refractivity contribution in [2.24, 2.45) is 7.05 Å². The number of alkyl halides is 1. The van der Waals surface area contributed by atoms with Gasteiger partial charge in [0.05, 0.1) is 23.6 Å². The highest BCUT2D eigenvalue weighted by molar-refractivity contribution is 6.20. The molecule has 0 aliphatic rings. The number of rotatable bonds is 3. The minimum atomic E-state index is -1.00. The van der Waals surface area contributed by atoms with Gasteiger partial charge in [-0.3, -0.25) is 0 Å². The molecule has 1 aromatic carbocycles. The molecule has 0 spiro atoms. The van der Waals surface area contributed by atoms with E-state index in [1.807, 2.05) is 6.92 Å². The van der Waals surface area contributed by atoms with Gasteiger partial charge in [0.15, 0.2) is 0 Å². The maximum absolute atomic E-state index is 11.1. The zero-order chi connectivity index (χ0) is 13.4. The number of aromatic carboxylic acids is 1. The number of hydrogen-bond donors (Lipinski definition) is 1. The predicted octanol–water partition coefficient (Wildman–Crippen LogP) is 2.58. The first kappa shape index (κ1) is 12.7. The Morgan fingerprint density at radius 2 is 2.22 bits per heavy atom. The first-order valence-corrected chi connectivity index (χ1v) is 5.81. The molecule has 2 rings (SSSR count). The lowest BCUT2D eigenvalue weighted by Crippen LogP contribution is -2.00. The molecular weight excluding hydrogens is 256 g/mol. The molecule has 6 heteroatoms. The largest absolute Gasteiger partial charge is 0.494 e. The van der Waals surface area contributed by atoms with Gasteiger partial charge in [0.1, 0.15) is 17.1 Å². The van der Waals surface area contributed by atoms with Crippen LogP contribution in [0.25, 0.3) is 11.0 Å². The number of methoxy groups -OCH3 is 1. The van der Waals surface area contributed by atoms with Crippen molar-refractivity contribution in [3.05, 3.63) is 23.5 Å². The minimum Gasteiger partial charge on any atom is -0.494 e. The summed E-state index contributed by atoms with van der Waals surface area (Å²) in [5.41, 5.74) is 1.47. The van der Waals surface area contributed by atoms with Crippen LogP contribution in [0.2, 0.25) is 0 Å². The Hall–Kier alpha value is -1.75. The Morgan fingerprint density at radius 3 is 2.72 bits per heavy atom. The zero-order valence-corrected chi connectivity index (χ0v) is 11.0. The molecule has 0 aliphatic carbocycles. The summed E-state index contributed by atoms with van der Waals surface area (Å²) < 4.78 is 6.96. The second kappa shape index (κ2) is 4.49. The van der Waals surface area contributed by atoms with Crippen LogP contribution < -0.4 is 4.74 Å². The van der Waals surface area contributed by atoms with Crippen LogP contribution in [0.1, 0.15) is 28.5 Å². The van der Waals surface area contributed by atoms with Gasteiger partial charge in [-0.2, -0.15) is 0 Å². The van der Waals surface area contributed by atoms with E-state index >= 15 is 0 Å². The number of carboxylic acids is 1. The average Bonchev–Trinajstić information content (AvgIpc) is 2.66. The smallest absolute Gasteiger partial charge is 0.335 e. The van der Waals surface area contributed by atoms with Crippen molar-refractivity contribution in [2.75, 3.05) is 7.11 Å². The van der Waals surface area contributed by atoms with E-state index in [0.29, 0.717) is 22.6 Å².